The minimum absolute atomic E-state index is 0.0196. The van der Waals surface area contributed by atoms with Gasteiger partial charge in [0.1, 0.15) is 23.4 Å². The summed E-state index contributed by atoms with van der Waals surface area (Å²) in [6.07, 6.45) is 0.0196. The van der Waals surface area contributed by atoms with Gasteiger partial charge in [0.2, 0.25) is 15.9 Å². The zero-order valence-electron chi connectivity index (χ0n) is 17.2. The summed E-state index contributed by atoms with van der Waals surface area (Å²) >= 11 is 0. The maximum Gasteiger partial charge on any atom is 0.242 e. The van der Waals surface area contributed by atoms with Gasteiger partial charge in [-0.1, -0.05) is 30.3 Å². The maximum atomic E-state index is 14.0. The Balaban J connectivity index is 1.85. The summed E-state index contributed by atoms with van der Waals surface area (Å²) < 4.78 is 60.7. The summed E-state index contributed by atoms with van der Waals surface area (Å²) in [7, 11) is -4.09. The fourth-order valence-corrected chi connectivity index (χ4v) is 4.18. The van der Waals surface area contributed by atoms with Crippen molar-refractivity contribution in [2.45, 2.75) is 24.3 Å². The molecule has 1 amide bonds. The first-order chi connectivity index (χ1) is 15.3. The number of carbonyl (C=O) groups excluding carboxylic acids is 1. The summed E-state index contributed by atoms with van der Waals surface area (Å²) in [6.45, 7) is 2.24. The topological polar surface area (TPSA) is 84.5 Å². The zero-order valence-corrected chi connectivity index (χ0v) is 18.0. The molecule has 0 radical (unpaired) electrons. The number of amides is 1. The van der Waals surface area contributed by atoms with Crippen molar-refractivity contribution in [1.82, 2.24) is 4.72 Å². The third kappa shape index (κ3) is 6.12. The first-order valence-electron chi connectivity index (χ1n) is 9.83. The molecule has 0 fully saturated rings. The molecule has 0 bridgehead atoms. The number of hydrogen-bond donors (Lipinski definition) is 2. The number of hydrogen-bond acceptors (Lipinski definition) is 4. The summed E-state index contributed by atoms with van der Waals surface area (Å²) in [4.78, 5) is 12.8. The number of sulfonamides is 1. The number of benzene rings is 3. The lowest BCUT2D eigenvalue weighted by Crippen LogP contribution is -2.45. The number of nitrogens with one attached hydrogen (secondary N) is 2. The lowest BCUT2D eigenvalue weighted by atomic mass is 10.1. The molecule has 0 saturated carbocycles. The summed E-state index contributed by atoms with van der Waals surface area (Å²) in [5.41, 5.74) is 0.441. The van der Waals surface area contributed by atoms with Gasteiger partial charge in [0.25, 0.3) is 0 Å². The minimum Gasteiger partial charge on any atom is -0.494 e. The van der Waals surface area contributed by atoms with Crippen molar-refractivity contribution in [3.05, 3.63) is 90.0 Å². The molecular weight excluding hydrogens is 438 g/mol. The largest absolute Gasteiger partial charge is 0.494 e. The van der Waals surface area contributed by atoms with Crippen LogP contribution in [-0.2, 0) is 21.2 Å². The summed E-state index contributed by atoms with van der Waals surface area (Å²) in [6, 6.07) is 16.0. The molecule has 3 aromatic carbocycles. The van der Waals surface area contributed by atoms with E-state index in [0.717, 1.165) is 12.1 Å². The number of ether oxygens (including phenoxy) is 1. The molecule has 0 spiro atoms. The Morgan fingerprint density at radius 3 is 2.31 bits per heavy atom. The Bertz CT molecular complexity index is 1170. The monoisotopic (exact) mass is 460 g/mol. The standard InChI is InChI=1S/C23H22F2N2O4S/c1-2-31-18-9-11-19(12-10-18)32(29,30)27-22(14-16-6-4-3-5-7-16)23(28)26-21-13-8-17(24)15-20(21)25/h3-13,15,22,27H,2,14H2,1H3,(H,26,28). The van der Waals surface area contributed by atoms with Gasteiger partial charge in [0, 0.05) is 6.07 Å². The van der Waals surface area contributed by atoms with Crippen molar-refractivity contribution in [2.24, 2.45) is 0 Å². The lowest BCUT2D eigenvalue weighted by Gasteiger charge is -2.19. The molecule has 3 rings (SSSR count). The van der Waals surface area contributed by atoms with Crippen molar-refractivity contribution >= 4 is 21.6 Å². The Hall–Kier alpha value is -3.30. The third-order valence-electron chi connectivity index (χ3n) is 4.53. The summed E-state index contributed by atoms with van der Waals surface area (Å²) in [5.74, 6) is -2.03. The molecular formula is C23H22F2N2O4S. The molecule has 1 unspecified atom stereocenters. The Kier molecular flexibility index (Phi) is 7.55. The second-order valence-electron chi connectivity index (χ2n) is 6.88. The predicted octanol–water partition coefficient (Wildman–Crippen LogP) is 3.89. The van der Waals surface area contributed by atoms with Crippen LogP contribution in [0.4, 0.5) is 14.5 Å². The number of halogens is 2. The van der Waals surface area contributed by atoms with Crippen LogP contribution in [0.1, 0.15) is 12.5 Å². The van der Waals surface area contributed by atoms with Crippen LogP contribution in [0.5, 0.6) is 5.75 Å². The van der Waals surface area contributed by atoms with Crippen LogP contribution in [0.2, 0.25) is 0 Å². The van der Waals surface area contributed by atoms with E-state index in [0.29, 0.717) is 24.0 Å². The zero-order chi connectivity index (χ0) is 23.1. The SMILES string of the molecule is CCOc1ccc(S(=O)(=O)NC(Cc2ccccc2)C(=O)Nc2ccc(F)cc2F)cc1. The van der Waals surface area contributed by atoms with E-state index in [9.17, 15) is 22.0 Å². The highest BCUT2D eigenvalue weighted by molar-refractivity contribution is 7.89. The Morgan fingerprint density at radius 2 is 1.69 bits per heavy atom. The van der Waals surface area contributed by atoms with Gasteiger partial charge in [-0.05, 0) is 55.3 Å². The van der Waals surface area contributed by atoms with Gasteiger partial charge in [-0.2, -0.15) is 4.72 Å². The molecule has 2 N–H and O–H groups in total. The molecule has 0 aliphatic heterocycles. The normalized spacial score (nSPS) is 12.2. The molecule has 0 aromatic heterocycles. The minimum atomic E-state index is -4.09. The number of carbonyl (C=O) groups is 1. The molecule has 9 heteroatoms. The Labute approximate surface area is 185 Å². The van der Waals surface area contributed by atoms with Crippen LogP contribution in [0, 0.1) is 11.6 Å². The highest BCUT2D eigenvalue weighted by Gasteiger charge is 2.27. The van der Waals surface area contributed by atoms with Crippen molar-refractivity contribution in [3.8, 4) is 5.75 Å². The smallest absolute Gasteiger partial charge is 0.242 e. The third-order valence-corrected chi connectivity index (χ3v) is 6.02. The first kappa shape index (κ1) is 23.4. The van der Waals surface area contributed by atoms with Gasteiger partial charge in [-0.25, -0.2) is 17.2 Å². The summed E-state index contributed by atoms with van der Waals surface area (Å²) in [5, 5.41) is 2.33. The molecule has 0 saturated heterocycles. The molecule has 6 nitrogen and oxygen atoms in total. The molecule has 168 valence electrons. The second-order valence-corrected chi connectivity index (χ2v) is 8.60. The molecule has 32 heavy (non-hydrogen) atoms. The quantitative estimate of drug-likeness (QED) is 0.507. The fraction of sp³-hybridized carbons (Fsp3) is 0.174. The first-order valence-corrected chi connectivity index (χ1v) is 11.3. The van der Waals surface area contributed by atoms with Crippen molar-refractivity contribution in [1.29, 1.82) is 0 Å². The van der Waals surface area contributed by atoms with Crippen molar-refractivity contribution in [2.75, 3.05) is 11.9 Å². The van der Waals surface area contributed by atoms with E-state index < -0.39 is 33.6 Å². The predicted molar refractivity (Wildman–Crippen MR) is 117 cm³/mol. The van der Waals surface area contributed by atoms with Crippen LogP contribution in [-0.4, -0.2) is 27.0 Å². The average molecular weight is 461 g/mol. The van der Waals surface area contributed by atoms with E-state index in [4.69, 9.17) is 4.74 Å². The Morgan fingerprint density at radius 1 is 1.00 bits per heavy atom. The van der Waals surface area contributed by atoms with Crippen molar-refractivity contribution < 1.29 is 26.7 Å². The molecule has 1 atom stereocenters. The lowest BCUT2D eigenvalue weighted by molar-refractivity contribution is -0.117. The maximum absolute atomic E-state index is 14.0. The van der Waals surface area contributed by atoms with Crippen LogP contribution >= 0.6 is 0 Å². The number of anilines is 1. The van der Waals surface area contributed by atoms with Gasteiger partial charge in [0.05, 0.1) is 17.2 Å². The van der Waals surface area contributed by atoms with Crippen LogP contribution in [0.15, 0.2) is 77.7 Å². The van der Waals surface area contributed by atoms with Crippen LogP contribution < -0.4 is 14.8 Å². The van der Waals surface area contributed by atoms with Crippen LogP contribution in [0.3, 0.4) is 0 Å². The van der Waals surface area contributed by atoms with E-state index in [1.165, 1.54) is 24.3 Å². The van der Waals surface area contributed by atoms with E-state index in [1.54, 1.807) is 30.3 Å². The van der Waals surface area contributed by atoms with E-state index in [1.807, 2.05) is 6.92 Å². The van der Waals surface area contributed by atoms with Gasteiger partial charge in [-0.3, -0.25) is 4.79 Å². The van der Waals surface area contributed by atoms with Gasteiger partial charge < -0.3 is 10.1 Å². The number of rotatable bonds is 9. The highest BCUT2D eigenvalue weighted by Crippen LogP contribution is 2.19. The van der Waals surface area contributed by atoms with Crippen LogP contribution in [0.25, 0.3) is 0 Å². The van der Waals surface area contributed by atoms with E-state index >= 15 is 0 Å². The van der Waals surface area contributed by atoms with Gasteiger partial charge >= 0.3 is 0 Å². The van der Waals surface area contributed by atoms with E-state index in [2.05, 4.69) is 10.0 Å². The van der Waals surface area contributed by atoms with Gasteiger partial charge in [0.15, 0.2) is 0 Å². The second kappa shape index (κ2) is 10.3. The van der Waals surface area contributed by atoms with Gasteiger partial charge in [-0.15, -0.1) is 0 Å². The molecule has 0 heterocycles. The molecule has 0 aliphatic rings. The fourth-order valence-electron chi connectivity index (χ4n) is 2.99. The average Bonchev–Trinajstić information content (AvgIpc) is 2.76. The van der Waals surface area contributed by atoms with Crippen molar-refractivity contribution in [3.63, 3.8) is 0 Å². The molecule has 3 aromatic rings. The van der Waals surface area contributed by atoms with E-state index in [-0.39, 0.29) is 17.0 Å². The molecule has 0 aliphatic carbocycles. The highest BCUT2D eigenvalue weighted by atomic mass is 32.2.